The van der Waals surface area contributed by atoms with Gasteiger partial charge in [-0.25, -0.2) is 0 Å². The Labute approximate surface area is 139 Å². The molecule has 5 heteroatoms. The Kier molecular flexibility index (Phi) is 3.49. The van der Waals surface area contributed by atoms with Gasteiger partial charge in [-0.15, -0.1) is 0 Å². The van der Waals surface area contributed by atoms with Crippen molar-refractivity contribution in [1.29, 1.82) is 0 Å². The zero-order valence-electron chi connectivity index (χ0n) is 13.2. The van der Waals surface area contributed by atoms with Gasteiger partial charge in [0.1, 0.15) is 5.92 Å². The number of carbonyl (C=O) groups is 2. The molecule has 1 unspecified atom stereocenters. The molecule has 0 spiro atoms. The Balaban J connectivity index is 1.92. The monoisotopic (exact) mass is 324 g/mol. The lowest BCUT2D eigenvalue weighted by molar-refractivity contribution is -0.149. The molecule has 1 aliphatic heterocycles. The number of carbonyl (C=O) groups excluding carboxylic acids is 2. The molecule has 0 aromatic heterocycles. The summed E-state index contributed by atoms with van der Waals surface area (Å²) < 4.78 is 15.8. The Morgan fingerprint density at radius 2 is 1.83 bits per heavy atom. The number of fused-ring (bicyclic) bond motifs is 4. The average Bonchev–Trinajstić information content (AvgIpc) is 3.04. The Bertz CT molecular complexity index is 840. The molecule has 4 rings (SSSR count). The van der Waals surface area contributed by atoms with Crippen LogP contribution in [-0.2, 0) is 27.2 Å². The molecule has 0 radical (unpaired) electrons. The second-order valence-electron chi connectivity index (χ2n) is 5.94. The maximum absolute atomic E-state index is 12.6. The van der Waals surface area contributed by atoms with Crippen LogP contribution in [0.15, 0.2) is 36.4 Å². The first kappa shape index (κ1) is 14.8. The Morgan fingerprint density at radius 1 is 1.08 bits per heavy atom. The number of esters is 1. The van der Waals surface area contributed by atoms with Gasteiger partial charge in [0.15, 0.2) is 17.3 Å². The fourth-order valence-electron chi connectivity index (χ4n) is 3.34. The molecule has 122 valence electrons. The van der Waals surface area contributed by atoms with Crippen LogP contribution >= 0.6 is 0 Å². The van der Waals surface area contributed by atoms with Gasteiger partial charge in [-0.3, -0.25) is 9.59 Å². The highest BCUT2D eigenvalue weighted by Gasteiger charge is 2.32. The predicted molar refractivity (Wildman–Crippen MR) is 85.9 cm³/mol. The summed E-state index contributed by atoms with van der Waals surface area (Å²) in [6.07, 6.45) is 0.510. The lowest BCUT2D eigenvalue weighted by atomic mass is 9.82. The van der Waals surface area contributed by atoms with E-state index in [9.17, 15) is 9.59 Å². The van der Waals surface area contributed by atoms with Gasteiger partial charge in [-0.2, -0.15) is 0 Å². The van der Waals surface area contributed by atoms with Crippen molar-refractivity contribution < 1.29 is 23.8 Å². The van der Waals surface area contributed by atoms with E-state index in [4.69, 9.17) is 14.2 Å². The van der Waals surface area contributed by atoms with Gasteiger partial charge in [0.05, 0.1) is 7.11 Å². The molecule has 24 heavy (non-hydrogen) atoms. The van der Waals surface area contributed by atoms with Crippen molar-refractivity contribution in [3.63, 3.8) is 0 Å². The van der Waals surface area contributed by atoms with Crippen molar-refractivity contribution in [1.82, 2.24) is 0 Å². The third-order valence-electron chi connectivity index (χ3n) is 4.57. The van der Waals surface area contributed by atoms with Gasteiger partial charge in [0, 0.05) is 6.42 Å². The molecule has 0 bridgehead atoms. The number of rotatable bonds is 1. The lowest BCUT2D eigenvalue weighted by Gasteiger charge is -2.22. The summed E-state index contributed by atoms with van der Waals surface area (Å²) in [5.74, 6) is -0.101. The van der Waals surface area contributed by atoms with Crippen LogP contribution in [0.1, 0.15) is 11.1 Å². The third-order valence-corrected chi connectivity index (χ3v) is 4.57. The first-order valence-electron chi connectivity index (χ1n) is 7.78. The SMILES string of the molecule is COC(=O)C1Cc2cc3c(cc2-c2ccccc2CC1=O)OCO3. The molecule has 1 atom stereocenters. The summed E-state index contributed by atoms with van der Waals surface area (Å²) in [6, 6.07) is 11.5. The van der Waals surface area contributed by atoms with Gasteiger partial charge < -0.3 is 14.2 Å². The zero-order valence-corrected chi connectivity index (χ0v) is 13.2. The maximum atomic E-state index is 12.6. The predicted octanol–water partition coefficient (Wildman–Crippen LogP) is 2.54. The normalized spacial score (nSPS) is 18.2. The van der Waals surface area contributed by atoms with Crippen LogP contribution < -0.4 is 9.47 Å². The molecule has 0 fully saturated rings. The summed E-state index contributed by atoms with van der Waals surface area (Å²) in [4.78, 5) is 24.7. The van der Waals surface area contributed by atoms with Crippen LogP contribution in [0.2, 0.25) is 0 Å². The average molecular weight is 324 g/mol. The number of hydrogen-bond acceptors (Lipinski definition) is 5. The van der Waals surface area contributed by atoms with E-state index in [1.54, 1.807) is 0 Å². The van der Waals surface area contributed by atoms with E-state index in [-0.39, 0.29) is 19.0 Å². The highest BCUT2D eigenvalue weighted by atomic mass is 16.7. The fraction of sp³-hybridized carbons (Fsp3) is 0.263. The minimum atomic E-state index is -0.803. The van der Waals surface area contributed by atoms with E-state index in [2.05, 4.69) is 0 Å². The summed E-state index contributed by atoms with van der Waals surface area (Å²) in [6.45, 7) is 0.180. The minimum Gasteiger partial charge on any atom is -0.468 e. The lowest BCUT2D eigenvalue weighted by Crippen LogP contribution is -2.30. The highest BCUT2D eigenvalue weighted by molar-refractivity contribution is 6.01. The molecule has 2 aliphatic rings. The van der Waals surface area contributed by atoms with Gasteiger partial charge in [-0.05, 0) is 40.8 Å². The largest absolute Gasteiger partial charge is 0.468 e. The number of hydrogen-bond donors (Lipinski definition) is 0. The molecule has 5 nitrogen and oxygen atoms in total. The summed E-state index contributed by atoms with van der Waals surface area (Å²) in [5, 5.41) is 0. The topological polar surface area (TPSA) is 61.8 Å². The summed E-state index contributed by atoms with van der Waals surface area (Å²) in [7, 11) is 1.31. The molecule has 0 N–H and O–H groups in total. The van der Waals surface area contributed by atoms with Gasteiger partial charge >= 0.3 is 5.97 Å². The Hall–Kier alpha value is -2.82. The number of methoxy groups -OCH3 is 1. The van der Waals surface area contributed by atoms with Crippen LogP contribution in [-0.4, -0.2) is 25.7 Å². The molecule has 0 amide bonds. The van der Waals surface area contributed by atoms with Gasteiger partial charge in [0.2, 0.25) is 6.79 Å². The van der Waals surface area contributed by atoms with Crippen LogP contribution in [0.25, 0.3) is 11.1 Å². The number of Topliss-reactive ketones (excluding diaryl/α,β-unsaturated/α-hetero) is 1. The van der Waals surface area contributed by atoms with E-state index in [0.717, 1.165) is 22.3 Å². The van der Waals surface area contributed by atoms with Crippen molar-refractivity contribution in [2.45, 2.75) is 12.8 Å². The standard InChI is InChI=1S/C19H16O5/c1-22-19(21)15-6-12-8-17-18(24-10-23-17)9-14(12)13-5-3-2-4-11(13)7-16(15)20/h2-5,8-9,15H,6-7,10H2,1H3. The zero-order chi connectivity index (χ0) is 16.7. The van der Waals surface area contributed by atoms with Crippen LogP contribution in [0, 0.1) is 5.92 Å². The van der Waals surface area contributed by atoms with E-state index in [0.29, 0.717) is 17.9 Å². The number of benzene rings is 2. The van der Waals surface area contributed by atoms with Crippen molar-refractivity contribution in [3.05, 3.63) is 47.5 Å². The number of ether oxygens (including phenoxy) is 3. The first-order chi connectivity index (χ1) is 11.7. The fourth-order valence-corrected chi connectivity index (χ4v) is 3.34. The molecular weight excluding hydrogens is 308 g/mol. The number of ketones is 1. The van der Waals surface area contributed by atoms with Crippen molar-refractivity contribution in [2.75, 3.05) is 13.9 Å². The maximum Gasteiger partial charge on any atom is 0.316 e. The minimum absolute atomic E-state index is 0.127. The summed E-state index contributed by atoms with van der Waals surface area (Å²) >= 11 is 0. The molecule has 2 aromatic rings. The Morgan fingerprint density at radius 3 is 2.62 bits per heavy atom. The quantitative estimate of drug-likeness (QED) is 0.596. The van der Waals surface area contributed by atoms with Crippen molar-refractivity contribution >= 4 is 11.8 Å². The van der Waals surface area contributed by atoms with Crippen molar-refractivity contribution in [2.24, 2.45) is 5.92 Å². The molecule has 0 saturated carbocycles. The van der Waals surface area contributed by atoms with Gasteiger partial charge in [0.25, 0.3) is 0 Å². The third kappa shape index (κ3) is 2.33. The van der Waals surface area contributed by atoms with Crippen LogP contribution in [0.4, 0.5) is 0 Å². The van der Waals surface area contributed by atoms with E-state index >= 15 is 0 Å². The molecule has 2 aromatic carbocycles. The van der Waals surface area contributed by atoms with Gasteiger partial charge in [-0.1, -0.05) is 24.3 Å². The van der Waals surface area contributed by atoms with E-state index in [1.807, 2.05) is 36.4 Å². The van der Waals surface area contributed by atoms with Crippen LogP contribution in [0.5, 0.6) is 11.5 Å². The van der Waals surface area contributed by atoms with E-state index in [1.165, 1.54) is 7.11 Å². The summed E-state index contributed by atoms with van der Waals surface area (Å²) in [5.41, 5.74) is 3.74. The first-order valence-corrected chi connectivity index (χ1v) is 7.78. The second kappa shape index (κ2) is 5.67. The van der Waals surface area contributed by atoms with Crippen LogP contribution in [0.3, 0.4) is 0 Å². The highest BCUT2D eigenvalue weighted by Crippen LogP contribution is 2.41. The molecule has 1 aliphatic carbocycles. The van der Waals surface area contributed by atoms with E-state index < -0.39 is 11.9 Å². The second-order valence-corrected chi connectivity index (χ2v) is 5.94. The smallest absolute Gasteiger partial charge is 0.316 e. The molecular formula is C19H16O5. The molecule has 0 saturated heterocycles. The van der Waals surface area contributed by atoms with Crippen molar-refractivity contribution in [3.8, 4) is 22.6 Å². The molecule has 1 heterocycles.